The van der Waals surface area contributed by atoms with E-state index in [1.54, 1.807) is 23.3 Å². The molecule has 0 amide bonds. The highest BCUT2D eigenvalue weighted by atomic mass is 16.1. The molecular formula is C16H16N4O. The first kappa shape index (κ1) is 12.4. The van der Waals surface area contributed by atoms with Gasteiger partial charge in [-0.25, -0.2) is 9.67 Å². The lowest BCUT2D eigenvalue weighted by atomic mass is 10.0. The number of nitrogens with zero attached hydrogens (tertiary/aromatic N) is 4. The minimum Gasteiger partial charge on any atom is -0.294 e. The van der Waals surface area contributed by atoms with E-state index in [9.17, 15) is 4.79 Å². The summed E-state index contributed by atoms with van der Waals surface area (Å²) >= 11 is 0. The molecule has 2 atom stereocenters. The molecule has 0 radical (unpaired) electrons. The number of pyridine rings is 1. The molecule has 1 aliphatic heterocycles. The Hall–Kier alpha value is -2.30. The van der Waals surface area contributed by atoms with Crippen LogP contribution >= 0.6 is 0 Å². The maximum Gasteiger partial charge on any atom is 0.173 e. The van der Waals surface area contributed by atoms with E-state index in [-0.39, 0.29) is 5.78 Å². The number of aliphatic imine (C=N–C) groups is 1. The van der Waals surface area contributed by atoms with Crippen molar-refractivity contribution in [2.45, 2.75) is 26.7 Å². The van der Waals surface area contributed by atoms with Crippen molar-refractivity contribution in [3.05, 3.63) is 35.8 Å². The van der Waals surface area contributed by atoms with Crippen LogP contribution in [0.2, 0.25) is 0 Å². The van der Waals surface area contributed by atoms with E-state index >= 15 is 0 Å². The Bertz CT molecular complexity index is 774. The molecule has 3 heterocycles. The molecule has 1 saturated carbocycles. The summed E-state index contributed by atoms with van der Waals surface area (Å²) in [7, 11) is 0. The summed E-state index contributed by atoms with van der Waals surface area (Å²) in [6, 6.07) is 1.93. The minimum atomic E-state index is 0.127. The summed E-state index contributed by atoms with van der Waals surface area (Å²) in [6.07, 6.45) is 6.72. The number of Topliss-reactive ketones (excluding diaryl/α,β-unsaturated/α-hetero) is 1. The molecule has 1 fully saturated rings. The molecule has 2 aromatic heterocycles. The Morgan fingerprint density at radius 3 is 2.86 bits per heavy atom. The molecular weight excluding hydrogens is 264 g/mol. The van der Waals surface area contributed by atoms with Gasteiger partial charge in [0.1, 0.15) is 0 Å². The zero-order chi connectivity index (χ0) is 14.6. The van der Waals surface area contributed by atoms with Gasteiger partial charge >= 0.3 is 0 Å². The van der Waals surface area contributed by atoms with Gasteiger partial charge in [0.2, 0.25) is 0 Å². The van der Waals surface area contributed by atoms with Crippen LogP contribution in [-0.4, -0.2) is 26.3 Å². The number of rotatable bonds is 2. The molecule has 21 heavy (non-hydrogen) atoms. The van der Waals surface area contributed by atoms with Crippen molar-refractivity contribution in [3.8, 4) is 5.69 Å². The maximum absolute atomic E-state index is 12.3. The second kappa shape index (κ2) is 4.35. The average Bonchev–Trinajstić information content (AvgIpc) is 3.04. The fourth-order valence-electron chi connectivity index (χ4n) is 2.94. The van der Waals surface area contributed by atoms with Crippen molar-refractivity contribution in [2.24, 2.45) is 16.8 Å². The van der Waals surface area contributed by atoms with Gasteiger partial charge in [0.25, 0.3) is 0 Å². The van der Waals surface area contributed by atoms with Crippen molar-refractivity contribution in [1.29, 1.82) is 0 Å². The highest BCUT2D eigenvalue weighted by molar-refractivity contribution is 6.16. The smallest absolute Gasteiger partial charge is 0.173 e. The van der Waals surface area contributed by atoms with E-state index in [1.165, 1.54) is 0 Å². The van der Waals surface area contributed by atoms with Crippen LogP contribution in [0.15, 0.2) is 29.6 Å². The topological polar surface area (TPSA) is 60.1 Å². The van der Waals surface area contributed by atoms with Gasteiger partial charge in [0.15, 0.2) is 11.6 Å². The molecule has 0 saturated heterocycles. The summed E-state index contributed by atoms with van der Waals surface area (Å²) in [6.45, 7) is 4.21. The molecule has 0 spiro atoms. The number of carbonyl (C=O) groups excluding carboxylic acids is 1. The van der Waals surface area contributed by atoms with Crippen molar-refractivity contribution in [3.63, 3.8) is 0 Å². The standard InChI is InChI=1S/C16H16N4O/c1-9-3-4-17-8-14(9)20-16-12(7-18-20)15(21)6-13(19-16)11-5-10(11)2/h3-4,7-8,10-11H,5-6H2,1-2H3. The van der Waals surface area contributed by atoms with E-state index in [0.717, 1.165) is 23.4 Å². The van der Waals surface area contributed by atoms with Crippen LogP contribution in [0, 0.1) is 18.8 Å². The zero-order valence-electron chi connectivity index (χ0n) is 12.1. The molecule has 2 aromatic rings. The summed E-state index contributed by atoms with van der Waals surface area (Å²) in [5.41, 5.74) is 3.57. The number of hydrogen-bond donors (Lipinski definition) is 0. The number of hydrogen-bond acceptors (Lipinski definition) is 4. The van der Waals surface area contributed by atoms with Crippen LogP contribution in [0.25, 0.3) is 5.69 Å². The van der Waals surface area contributed by atoms with Crippen LogP contribution in [0.5, 0.6) is 0 Å². The second-order valence-corrected chi connectivity index (χ2v) is 5.98. The third-order valence-corrected chi connectivity index (χ3v) is 4.41. The number of aromatic nitrogens is 3. The fourth-order valence-corrected chi connectivity index (χ4v) is 2.94. The molecule has 106 valence electrons. The quantitative estimate of drug-likeness (QED) is 0.849. The molecule has 0 aromatic carbocycles. The number of carbonyl (C=O) groups is 1. The first-order valence-corrected chi connectivity index (χ1v) is 7.25. The van der Waals surface area contributed by atoms with Gasteiger partial charge in [-0.1, -0.05) is 6.92 Å². The molecule has 5 nitrogen and oxygen atoms in total. The summed E-state index contributed by atoms with van der Waals surface area (Å²) in [5.74, 6) is 1.91. The molecule has 5 heteroatoms. The third kappa shape index (κ3) is 1.92. The lowest BCUT2D eigenvalue weighted by Gasteiger charge is -2.14. The van der Waals surface area contributed by atoms with E-state index in [4.69, 9.17) is 4.99 Å². The van der Waals surface area contributed by atoms with E-state index in [2.05, 4.69) is 17.0 Å². The molecule has 1 aliphatic carbocycles. The monoisotopic (exact) mass is 280 g/mol. The largest absolute Gasteiger partial charge is 0.294 e. The van der Waals surface area contributed by atoms with Crippen LogP contribution in [0.4, 0.5) is 5.82 Å². The molecule has 0 N–H and O–H groups in total. The number of fused-ring (bicyclic) bond motifs is 1. The predicted octanol–water partition coefficient (Wildman–Crippen LogP) is 2.89. The molecule has 4 rings (SSSR count). The molecule has 0 bridgehead atoms. The number of ketones is 1. The zero-order valence-corrected chi connectivity index (χ0v) is 12.1. The minimum absolute atomic E-state index is 0.127. The van der Waals surface area contributed by atoms with Gasteiger partial charge in [-0.3, -0.25) is 9.78 Å². The number of aryl methyl sites for hydroxylation is 1. The van der Waals surface area contributed by atoms with Crippen molar-refractivity contribution in [2.75, 3.05) is 0 Å². The SMILES string of the molecule is Cc1ccncc1-n1ncc2c1N=C(C1CC1C)CC2=O. The summed E-state index contributed by atoms with van der Waals surface area (Å²) < 4.78 is 1.74. The maximum atomic E-state index is 12.3. The Morgan fingerprint density at radius 2 is 2.14 bits per heavy atom. The van der Waals surface area contributed by atoms with Gasteiger partial charge in [-0.15, -0.1) is 0 Å². The highest BCUT2D eigenvalue weighted by Gasteiger charge is 2.40. The van der Waals surface area contributed by atoms with E-state index < -0.39 is 0 Å². The molecule has 2 aliphatic rings. The summed E-state index contributed by atoms with van der Waals surface area (Å²) in [5, 5.41) is 4.36. The van der Waals surface area contributed by atoms with Crippen LogP contribution in [-0.2, 0) is 0 Å². The second-order valence-electron chi connectivity index (χ2n) is 5.98. The van der Waals surface area contributed by atoms with Gasteiger partial charge < -0.3 is 0 Å². The fraction of sp³-hybridized carbons (Fsp3) is 0.375. The van der Waals surface area contributed by atoms with Crippen LogP contribution in [0.3, 0.4) is 0 Å². The van der Waals surface area contributed by atoms with Gasteiger partial charge in [0, 0.05) is 17.8 Å². The van der Waals surface area contributed by atoms with Crippen molar-refractivity contribution in [1.82, 2.24) is 14.8 Å². The average molecular weight is 280 g/mol. The van der Waals surface area contributed by atoms with Gasteiger partial charge in [-0.05, 0) is 30.9 Å². The highest BCUT2D eigenvalue weighted by Crippen LogP contribution is 2.43. The third-order valence-electron chi connectivity index (χ3n) is 4.41. The Balaban J connectivity index is 1.85. The Labute approximate surface area is 122 Å². The first-order valence-electron chi connectivity index (χ1n) is 7.25. The Morgan fingerprint density at radius 1 is 1.33 bits per heavy atom. The van der Waals surface area contributed by atoms with Crippen molar-refractivity contribution >= 4 is 17.3 Å². The normalized spacial score (nSPS) is 23.7. The predicted molar refractivity (Wildman–Crippen MR) is 79.4 cm³/mol. The summed E-state index contributed by atoms with van der Waals surface area (Å²) in [4.78, 5) is 21.2. The van der Waals surface area contributed by atoms with Crippen molar-refractivity contribution < 1.29 is 4.79 Å². The molecule has 2 unspecified atom stereocenters. The van der Waals surface area contributed by atoms with Gasteiger partial charge in [-0.2, -0.15) is 5.10 Å². The van der Waals surface area contributed by atoms with Gasteiger partial charge in [0.05, 0.1) is 30.1 Å². The van der Waals surface area contributed by atoms with E-state index in [1.807, 2.05) is 13.0 Å². The first-order chi connectivity index (χ1) is 10.1. The Kier molecular flexibility index (Phi) is 2.58. The van der Waals surface area contributed by atoms with E-state index in [0.29, 0.717) is 29.6 Å². The lowest BCUT2D eigenvalue weighted by Crippen LogP contribution is -2.15. The van der Waals surface area contributed by atoms with Crippen LogP contribution < -0.4 is 0 Å². The van der Waals surface area contributed by atoms with Crippen LogP contribution in [0.1, 0.15) is 35.7 Å². The lowest BCUT2D eigenvalue weighted by molar-refractivity contribution is 0.0999.